The van der Waals surface area contributed by atoms with E-state index in [2.05, 4.69) is 44.0 Å². The number of aryl methyl sites for hydroxylation is 1. The van der Waals surface area contributed by atoms with E-state index in [1.54, 1.807) is 0 Å². The molecular formula is C41H53IN6O3. The summed E-state index contributed by atoms with van der Waals surface area (Å²) in [6.45, 7) is 11.0. The summed E-state index contributed by atoms with van der Waals surface area (Å²) >= 11 is 1.97. The average Bonchev–Trinajstić information content (AvgIpc) is 3.15. The topological polar surface area (TPSA) is 129 Å². The number of rotatable bonds is 12. The van der Waals surface area contributed by atoms with Crippen LogP contribution < -0.4 is 21.7 Å². The van der Waals surface area contributed by atoms with Crippen molar-refractivity contribution in [3.63, 3.8) is 0 Å². The van der Waals surface area contributed by atoms with Crippen molar-refractivity contribution in [3.05, 3.63) is 89.0 Å². The molecule has 10 heteroatoms. The molecule has 2 fully saturated rings. The number of hydrogen-bond acceptors (Lipinski definition) is 6. The molecule has 0 bridgehead atoms. The molecule has 1 aliphatic carbocycles. The van der Waals surface area contributed by atoms with Crippen molar-refractivity contribution < 1.29 is 14.4 Å². The van der Waals surface area contributed by atoms with Gasteiger partial charge in [-0.25, -0.2) is 3.21 Å². The number of benzene rings is 3. The number of piperidine rings is 1. The van der Waals surface area contributed by atoms with E-state index in [0.29, 0.717) is 36.2 Å². The van der Waals surface area contributed by atoms with Gasteiger partial charge < -0.3 is 26.6 Å². The fourth-order valence-electron chi connectivity index (χ4n) is 7.23. The van der Waals surface area contributed by atoms with Gasteiger partial charge in [0.05, 0.1) is 28.6 Å². The second-order valence-electron chi connectivity index (χ2n) is 14.6. The number of carbonyl (C=O) groups excluding carboxylic acids is 3. The summed E-state index contributed by atoms with van der Waals surface area (Å²) in [5, 5.41) is 9.40. The Balaban J connectivity index is 1.33. The van der Waals surface area contributed by atoms with Gasteiger partial charge in [-0.05, 0) is 131 Å². The molecule has 0 aromatic heterocycles. The lowest BCUT2D eigenvalue weighted by molar-refractivity contribution is -0.130. The van der Waals surface area contributed by atoms with Gasteiger partial charge in [0.2, 0.25) is 11.8 Å². The lowest BCUT2D eigenvalue weighted by Gasteiger charge is -2.34. The molecule has 2 aliphatic rings. The SMILES string of the molecule is C/C(=N\I)c1ccc(NC(=O)[C@H](Cc2ccc(C)c(-c3cccc(C(=O)NC4CCN(C(C)C)CC4)c3)c2)NC(=O)C2CCC(CN)CC2)cc1. The number of halogens is 1. The van der Waals surface area contributed by atoms with Crippen molar-refractivity contribution in [3.8, 4) is 11.1 Å². The number of nitrogens with zero attached hydrogens (tertiary/aromatic N) is 2. The molecule has 272 valence electrons. The molecule has 51 heavy (non-hydrogen) atoms. The number of anilines is 1. The van der Waals surface area contributed by atoms with E-state index in [9.17, 15) is 14.4 Å². The van der Waals surface area contributed by atoms with Crippen molar-refractivity contribution in [1.82, 2.24) is 15.5 Å². The highest BCUT2D eigenvalue weighted by atomic mass is 127. The third-order valence-corrected chi connectivity index (χ3v) is 11.4. The van der Waals surface area contributed by atoms with Gasteiger partial charge in [-0.1, -0.05) is 42.5 Å². The van der Waals surface area contributed by atoms with E-state index in [1.807, 2.05) is 97.4 Å². The van der Waals surface area contributed by atoms with Gasteiger partial charge >= 0.3 is 0 Å². The van der Waals surface area contributed by atoms with Crippen molar-refractivity contribution in [1.29, 1.82) is 0 Å². The van der Waals surface area contributed by atoms with Gasteiger partial charge in [-0.3, -0.25) is 14.4 Å². The first kappa shape index (κ1) is 38.6. The number of nitrogens with one attached hydrogen (secondary N) is 3. The first-order valence-corrected chi connectivity index (χ1v) is 19.3. The summed E-state index contributed by atoms with van der Waals surface area (Å²) in [6.07, 6.45) is 5.61. The summed E-state index contributed by atoms with van der Waals surface area (Å²) in [7, 11) is 0. The van der Waals surface area contributed by atoms with E-state index in [-0.39, 0.29) is 29.7 Å². The Labute approximate surface area is 317 Å². The van der Waals surface area contributed by atoms with Crippen molar-refractivity contribution >= 4 is 52.0 Å². The maximum Gasteiger partial charge on any atom is 0.251 e. The van der Waals surface area contributed by atoms with Crippen LogP contribution >= 0.6 is 22.9 Å². The lowest BCUT2D eigenvalue weighted by Crippen LogP contribution is -2.48. The minimum atomic E-state index is -0.781. The van der Waals surface area contributed by atoms with E-state index in [1.165, 1.54) is 0 Å². The largest absolute Gasteiger partial charge is 0.349 e. The highest BCUT2D eigenvalue weighted by molar-refractivity contribution is 14.1. The minimum Gasteiger partial charge on any atom is -0.349 e. The minimum absolute atomic E-state index is 0.0571. The Morgan fingerprint density at radius 2 is 1.63 bits per heavy atom. The van der Waals surface area contributed by atoms with Crippen LogP contribution in [0.5, 0.6) is 0 Å². The predicted molar refractivity (Wildman–Crippen MR) is 215 cm³/mol. The quantitative estimate of drug-likeness (QED) is 0.118. The lowest BCUT2D eigenvalue weighted by atomic mass is 9.81. The molecule has 1 saturated carbocycles. The van der Waals surface area contributed by atoms with Crippen LogP contribution in [-0.4, -0.2) is 66.1 Å². The summed E-state index contributed by atoms with van der Waals surface area (Å²) in [5.41, 5.74) is 12.9. The van der Waals surface area contributed by atoms with Crippen LogP contribution in [0.1, 0.15) is 86.3 Å². The van der Waals surface area contributed by atoms with E-state index in [4.69, 9.17) is 5.73 Å². The molecular weight excluding hydrogens is 751 g/mol. The summed E-state index contributed by atoms with van der Waals surface area (Å²) < 4.78 is 4.21. The molecule has 0 spiro atoms. The first-order valence-electron chi connectivity index (χ1n) is 18.4. The van der Waals surface area contributed by atoms with Crippen LogP contribution in [0, 0.1) is 18.8 Å². The number of carbonyl (C=O) groups is 3. The number of likely N-dealkylation sites (tertiary alicyclic amines) is 1. The summed E-state index contributed by atoms with van der Waals surface area (Å²) in [5.74, 6) is -0.0983. The molecule has 1 atom stereocenters. The standard InChI is InChI=1S/C41H53IN6O3/c1-26(2)48-20-18-36(19-21-48)44-40(50)34-7-5-6-33(24-34)37-22-30(9-8-27(37)3)23-38(46-39(49)32-12-10-29(25-43)11-13-32)41(51)45-35-16-14-31(15-17-35)28(4)47-42/h5-9,14-17,22,24,26,29,32,36,38H,10-13,18-21,23,25,43H2,1-4H3,(H,44,50)(H,45,51)(H,46,49)/b47-28+/t29?,32?,38-/m0/s1. The van der Waals surface area contributed by atoms with Crippen molar-refractivity contribution in [2.45, 2.75) is 90.8 Å². The molecule has 0 unspecified atom stereocenters. The normalized spacial score (nSPS) is 19.4. The van der Waals surface area contributed by atoms with Gasteiger partial charge in [0, 0.05) is 48.8 Å². The Kier molecular flexibility index (Phi) is 13.8. The Morgan fingerprint density at radius 3 is 2.27 bits per heavy atom. The predicted octanol–water partition coefficient (Wildman–Crippen LogP) is 6.85. The number of nitrogens with two attached hydrogens (primary N) is 1. The zero-order valence-electron chi connectivity index (χ0n) is 30.4. The van der Waals surface area contributed by atoms with Gasteiger partial charge in [0.1, 0.15) is 6.04 Å². The van der Waals surface area contributed by atoms with E-state index in [0.717, 1.165) is 85.1 Å². The second-order valence-corrected chi connectivity index (χ2v) is 15.0. The van der Waals surface area contributed by atoms with Crippen molar-refractivity contribution in [2.24, 2.45) is 20.8 Å². The van der Waals surface area contributed by atoms with Crippen LogP contribution in [0.4, 0.5) is 5.69 Å². The third kappa shape index (κ3) is 10.5. The first-order chi connectivity index (χ1) is 24.5. The molecule has 3 aromatic carbocycles. The summed E-state index contributed by atoms with van der Waals surface area (Å²) in [4.78, 5) is 43.2. The fraction of sp³-hybridized carbons (Fsp3) is 0.463. The molecule has 1 saturated heterocycles. The maximum atomic E-state index is 13.9. The molecule has 1 heterocycles. The summed E-state index contributed by atoms with van der Waals surface area (Å²) in [6, 6.07) is 21.3. The van der Waals surface area contributed by atoms with Crippen LogP contribution in [0.15, 0.2) is 69.9 Å². The van der Waals surface area contributed by atoms with Crippen LogP contribution in [0.3, 0.4) is 0 Å². The van der Waals surface area contributed by atoms with Gasteiger partial charge in [-0.2, -0.15) is 0 Å². The van der Waals surface area contributed by atoms with E-state index < -0.39 is 6.04 Å². The molecule has 3 aromatic rings. The zero-order chi connectivity index (χ0) is 36.5. The smallest absolute Gasteiger partial charge is 0.251 e. The average molecular weight is 805 g/mol. The van der Waals surface area contributed by atoms with Gasteiger partial charge in [0.15, 0.2) is 0 Å². The molecule has 9 nitrogen and oxygen atoms in total. The van der Waals surface area contributed by atoms with Gasteiger partial charge in [-0.15, -0.1) is 0 Å². The van der Waals surface area contributed by atoms with E-state index >= 15 is 0 Å². The number of amides is 3. The molecule has 0 radical (unpaired) electrons. The monoisotopic (exact) mass is 804 g/mol. The Hall–Kier alpha value is -3.61. The molecule has 5 rings (SSSR count). The Bertz CT molecular complexity index is 1690. The molecule has 5 N–H and O–H groups in total. The second kappa shape index (κ2) is 18.2. The zero-order valence-corrected chi connectivity index (χ0v) is 32.5. The van der Waals surface area contributed by atoms with Gasteiger partial charge in [0.25, 0.3) is 5.91 Å². The highest BCUT2D eigenvalue weighted by Crippen LogP contribution is 2.29. The highest BCUT2D eigenvalue weighted by Gasteiger charge is 2.30. The van der Waals surface area contributed by atoms with Crippen molar-refractivity contribution in [2.75, 3.05) is 25.0 Å². The Morgan fingerprint density at radius 1 is 0.922 bits per heavy atom. The molecule has 1 aliphatic heterocycles. The van der Waals surface area contributed by atoms with Crippen LogP contribution in [-0.2, 0) is 16.0 Å². The maximum absolute atomic E-state index is 13.9. The van der Waals surface area contributed by atoms with Crippen LogP contribution in [0.25, 0.3) is 11.1 Å². The molecule has 3 amide bonds. The number of hydrogen-bond donors (Lipinski definition) is 4. The van der Waals surface area contributed by atoms with Crippen LogP contribution in [0.2, 0.25) is 0 Å². The fourth-order valence-corrected chi connectivity index (χ4v) is 7.51. The third-order valence-electron chi connectivity index (χ3n) is 10.7.